The summed E-state index contributed by atoms with van der Waals surface area (Å²) in [5, 5.41) is 0. The molecule has 0 bridgehead atoms. The molecular formula is C48H82NO7P. The van der Waals surface area contributed by atoms with E-state index in [2.05, 4.69) is 111 Å². The highest BCUT2D eigenvalue weighted by Gasteiger charge is 2.20. The Labute approximate surface area is 349 Å². The topological polar surface area (TPSA) is 94.1 Å². The van der Waals surface area contributed by atoms with Crippen LogP contribution < -0.4 is 4.89 Å². The normalized spacial score (nSPS) is 14.7. The maximum absolute atomic E-state index is 12.7. The van der Waals surface area contributed by atoms with Crippen LogP contribution in [0.15, 0.2) is 97.2 Å². The lowest BCUT2D eigenvalue weighted by Gasteiger charge is -2.28. The summed E-state index contributed by atoms with van der Waals surface area (Å²) in [5.41, 5.74) is 0. The maximum Gasteiger partial charge on any atom is 0.306 e. The number of unbranched alkanes of at least 4 members (excludes halogenated alkanes) is 9. The lowest BCUT2D eigenvalue weighted by molar-refractivity contribution is -0.870. The predicted molar refractivity (Wildman–Crippen MR) is 240 cm³/mol. The number of rotatable bonds is 39. The quantitative estimate of drug-likeness (QED) is 0.0200. The first-order chi connectivity index (χ1) is 27.6. The van der Waals surface area contributed by atoms with E-state index in [9.17, 15) is 14.3 Å². The van der Waals surface area contributed by atoms with Gasteiger partial charge in [-0.1, -0.05) is 150 Å². The summed E-state index contributed by atoms with van der Waals surface area (Å²) in [4.78, 5) is 25.0. The van der Waals surface area contributed by atoms with Gasteiger partial charge in [-0.05, 0) is 83.5 Å². The number of esters is 1. The largest absolute Gasteiger partial charge is 0.756 e. The Balaban J connectivity index is 4.36. The van der Waals surface area contributed by atoms with Gasteiger partial charge in [0.25, 0.3) is 7.82 Å². The van der Waals surface area contributed by atoms with Gasteiger partial charge in [0.05, 0.1) is 34.4 Å². The highest BCUT2D eigenvalue weighted by atomic mass is 31.2. The molecule has 2 atom stereocenters. The maximum atomic E-state index is 12.7. The van der Waals surface area contributed by atoms with E-state index >= 15 is 0 Å². The van der Waals surface area contributed by atoms with Crippen LogP contribution in [0.3, 0.4) is 0 Å². The van der Waals surface area contributed by atoms with Crippen molar-refractivity contribution in [3.63, 3.8) is 0 Å². The second-order valence-electron chi connectivity index (χ2n) is 15.3. The van der Waals surface area contributed by atoms with E-state index in [1.54, 1.807) is 0 Å². The van der Waals surface area contributed by atoms with Gasteiger partial charge in [-0.2, -0.15) is 0 Å². The smallest absolute Gasteiger partial charge is 0.306 e. The highest BCUT2D eigenvalue weighted by Crippen LogP contribution is 2.38. The summed E-state index contributed by atoms with van der Waals surface area (Å²) in [6, 6.07) is 0. The van der Waals surface area contributed by atoms with E-state index in [1.807, 2.05) is 21.1 Å². The Morgan fingerprint density at radius 3 is 1.54 bits per heavy atom. The van der Waals surface area contributed by atoms with Crippen molar-refractivity contribution in [2.45, 2.75) is 148 Å². The number of phosphoric ester groups is 1. The first-order valence-electron chi connectivity index (χ1n) is 22.0. The fourth-order valence-corrected chi connectivity index (χ4v) is 5.95. The highest BCUT2D eigenvalue weighted by molar-refractivity contribution is 7.45. The molecule has 2 unspecified atom stereocenters. The van der Waals surface area contributed by atoms with Crippen molar-refractivity contribution in [3.05, 3.63) is 97.2 Å². The van der Waals surface area contributed by atoms with Crippen molar-refractivity contribution >= 4 is 13.8 Å². The molecule has 0 N–H and O–H groups in total. The lowest BCUT2D eigenvalue weighted by Crippen LogP contribution is -2.37. The number of likely N-dealkylation sites (N-methyl/N-ethyl adjacent to an activating group) is 1. The molecule has 0 aromatic rings. The summed E-state index contributed by atoms with van der Waals surface area (Å²) in [6.07, 6.45) is 54.3. The van der Waals surface area contributed by atoms with Crippen LogP contribution in [-0.2, 0) is 27.9 Å². The Hall–Kier alpha value is -2.58. The van der Waals surface area contributed by atoms with E-state index in [-0.39, 0.29) is 26.2 Å². The minimum atomic E-state index is -4.55. The number of carbonyl (C=O) groups excluding carboxylic acids is 1. The van der Waals surface area contributed by atoms with Gasteiger partial charge in [0.1, 0.15) is 19.3 Å². The standard InChI is InChI=1S/C48H82NO7P/c1-6-8-10-12-14-16-18-20-21-22-23-24-25-26-27-28-29-30-31-33-35-37-39-41-48(50)56-47(46-55-57(51,52)54-44-42-49(3,4)5)45-53-43-40-38-36-34-32-19-17-15-13-11-9-7-2/h8,10,13-16,20-21,23-24,26-27,29-30,33,35,47H,6-7,9,11-12,17-19,22,25,28,31-32,34,36-46H2,1-5H3/b10-8-,15-13-,16-14-,21-20-,24-23-,27-26-,30-29-,35-33-. The zero-order chi connectivity index (χ0) is 42.0. The van der Waals surface area contributed by atoms with Crippen LogP contribution in [0, 0.1) is 0 Å². The first kappa shape index (κ1) is 54.4. The molecule has 326 valence electrons. The SMILES string of the molecule is CC/C=C\C/C=C\C/C=C\C/C=C\C/C=C\C/C=C\C/C=C\CCCC(=O)OC(COCCCCCCCC/C=C\CCCC)COP(=O)([O-])OCC[N+](C)(C)C. The molecule has 0 spiro atoms. The van der Waals surface area contributed by atoms with Crippen LogP contribution in [0.5, 0.6) is 0 Å². The molecule has 9 heteroatoms. The monoisotopic (exact) mass is 816 g/mol. The number of quaternary nitrogens is 1. The van der Waals surface area contributed by atoms with Crippen LogP contribution in [0.2, 0.25) is 0 Å². The molecule has 0 saturated heterocycles. The number of hydrogen-bond donors (Lipinski definition) is 0. The number of allylic oxidation sites excluding steroid dienone is 16. The van der Waals surface area contributed by atoms with Crippen LogP contribution in [0.1, 0.15) is 142 Å². The van der Waals surface area contributed by atoms with Crippen LogP contribution in [-0.4, -0.2) is 70.7 Å². The van der Waals surface area contributed by atoms with E-state index in [0.29, 0.717) is 24.1 Å². The third kappa shape index (κ3) is 44.4. The number of phosphoric acid groups is 1. The molecule has 0 amide bonds. The molecule has 0 aromatic carbocycles. The third-order valence-electron chi connectivity index (χ3n) is 8.62. The molecule has 0 radical (unpaired) electrons. The molecular weight excluding hydrogens is 734 g/mol. The number of ether oxygens (including phenoxy) is 2. The Morgan fingerprint density at radius 2 is 1.02 bits per heavy atom. The molecule has 0 fully saturated rings. The van der Waals surface area contributed by atoms with Crippen LogP contribution in [0.4, 0.5) is 0 Å². The Kier molecular flexibility index (Phi) is 38.4. The summed E-state index contributed by atoms with van der Waals surface area (Å²) in [6.45, 7) is 5.13. The lowest BCUT2D eigenvalue weighted by atomic mass is 10.1. The van der Waals surface area contributed by atoms with Crippen LogP contribution >= 0.6 is 7.82 Å². The van der Waals surface area contributed by atoms with Gasteiger partial charge in [0.15, 0.2) is 0 Å². The minimum Gasteiger partial charge on any atom is -0.756 e. The zero-order valence-corrected chi connectivity index (χ0v) is 37.6. The van der Waals surface area contributed by atoms with Gasteiger partial charge in [0, 0.05) is 13.0 Å². The van der Waals surface area contributed by atoms with E-state index in [4.69, 9.17) is 18.5 Å². The summed E-state index contributed by atoms with van der Waals surface area (Å²) in [5.74, 6) is -0.399. The first-order valence-corrected chi connectivity index (χ1v) is 23.4. The minimum absolute atomic E-state index is 0.00843. The van der Waals surface area contributed by atoms with Crippen molar-refractivity contribution in [2.24, 2.45) is 0 Å². The van der Waals surface area contributed by atoms with Gasteiger partial charge in [0.2, 0.25) is 0 Å². The molecule has 0 aromatic heterocycles. The fraction of sp³-hybridized carbons (Fsp3) is 0.646. The molecule has 0 heterocycles. The average molecular weight is 816 g/mol. The molecule has 0 rings (SSSR count). The summed E-state index contributed by atoms with van der Waals surface area (Å²) >= 11 is 0. The molecule has 57 heavy (non-hydrogen) atoms. The molecule has 0 saturated carbocycles. The zero-order valence-electron chi connectivity index (χ0n) is 36.7. The van der Waals surface area contributed by atoms with Crippen molar-refractivity contribution in [1.29, 1.82) is 0 Å². The Morgan fingerprint density at radius 1 is 0.561 bits per heavy atom. The van der Waals surface area contributed by atoms with Gasteiger partial charge >= 0.3 is 5.97 Å². The van der Waals surface area contributed by atoms with Gasteiger partial charge in [-0.3, -0.25) is 9.36 Å². The second kappa shape index (κ2) is 40.2. The fourth-order valence-electron chi connectivity index (χ4n) is 5.22. The second-order valence-corrected chi connectivity index (χ2v) is 16.7. The van der Waals surface area contributed by atoms with E-state index in [0.717, 1.165) is 77.0 Å². The van der Waals surface area contributed by atoms with Gasteiger partial charge in [-0.15, -0.1) is 0 Å². The van der Waals surface area contributed by atoms with E-state index in [1.165, 1.54) is 38.5 Å². The van der Waals surface area contributed by atoms with Crippen molar-refractivity contribution in [2.75, 3.05) is 54.1 Å². The summed E-state index contributed by atoms with van der Waals surface area (Å²) < 4.78 is 34.5. The average Bonchev–Trinajstić information content (AvgIpc) is 3.16. The number of carbonyl (C=O) groups is 1. The van der Waals surface area contributed by atoms with Crippen LogP contribution in [0.25, 0.3) is 0 Å². The van der Waals surface area contributed by atoms with Crippen molar-refractivity contribution in [3.8, 4) is 0 Å². The predicted octanol–water partition coefficient (Wildman–Crippen LogP) is 12.4. The van der Waals surface area contributed by atoms with Gasteiger partial charge in [-0.25, -0.2) is 0 Å². The van der Waals surface area contributed by atoms with Crippen molar-refractivity contribution in [1.82, 2.24) is 0 Å². The van der Waals surface area contributed by atoms with Gasteiger partial charge < -0.3 is 27.9 Å². The van der Waals surface area contributed by atoms with E-state index < -0.39 is 19.9 Å². The molecule has 8 nitrogen and oxygen atoms in total. The molecule has 0 aliphatic rings. The van der Waals surface area contributed by atoms with Crippen molar-refractivity contribution < 1.29 is 37.3 Å². The number of nitrogens with zero attached hydrogens (tertiary/aromatic N) is 1. The number of hydrogen-bond acceptors (Lipinski definition) is 7. The molecule has 0 aliphatic carbocycles. The Bertz CT molecular complexity index is 1230. The third-order valence-corrected chi connectivity index (χ3v) is 9.58. The molecule has 0 aliphatic heterocycles. The summed E-state index contributed by atoms with van der Waals surface area (Å²) in [7, 11) is 1.30.